The fourth-order valence-electron chi connectivity index (χ4n) is 1.83. The van der Waals surface area contributed by atoms with Crippen LogP contribution >= 0.6 is 0 Å². The SMILES string of the molecule is COc1cccc(CNC(=O)COC(=O)CCNC(=O)OC(C)(C)C)c1. The highest BCUT2D eigenvalue weighted by atomic mass is 16.6. The second kappa shape index (κ2) is 10.3. The van der Waals surface area contributed by atoms with Gasteiger partial charge in [0.2, 0.25) is 0 Å². The lowest BCUT2D eigenvalue weighted by atomic mass is 10.2. The monoisotopic (exact) mass is 366 g/mol. The third kappa shape index (κ3) is 9.51. The lowest BCUT2D eigenvalue weighted by Gasteiger charge is -2.19. The zero-order valence-corrected chi connectivity index (χ0v) is 15.6. The summed E-state index contributed by atoms with van der Waals surface area (Å²) in [6, 6.07) is 7.27. The summed E-state index contributed by atoms with van der Waals surface area (Å²) < 4.78 is 15.0. The number of hydrogen-bond donors (Lipinski definition) is 2. The largest absolute Gasteiger partial charge is 0.497 e. The lowest BCUT2D eigenvalue weighted by molar-refractivity contribution is -0.148. The third-order valence-electron chi connectivity index (χ3n) is 2.99. The Kier molecular flexibility index (Phi) is 8.41. The number of nitrogens with one attached hydrogen (secondary N) is 2. The number of rotatable bonds is 8. The Balaban J connectivity index is 2.19. The molecule has 0 bridgehead atoms. The molecular weight excluding hydrogens is 340 g/mol. The number of alkyl carbamates (subject to hydrolysis) is 1. The molecule has 1 aromatic carbocycles. The van der Waals surface area contributed by atoms with Crippen molar-refractivity contribution in [2.24, 2.45) is 0 Å². The molecule has 0 saturated carbocycles. The Morgan fingerprint density at radius 2 is 1.85 bits per heavy atom. The Labute approximate surface area is 153 Å². The van der Waals surface area contributed by atoms with Gasteiger partial charge in [0, 0.05) is 13.1 Å². The number of amides is 2. The maximum absolute atomic E-state index is 11.7. The summed E-state index contributed by atoms with van der Waals surface area (Å²) in [5.41, 5.74) is 0.261. The average molecular weight is 366 g/mol. The van der Waals surface area contributed by atoms with E-state index in [0.29, 0.717) is 12.3 Å². The molecule has 0 saturated heterocycles. The maximum atomic E-state index is 11.7. The quantitative estimate of drug-likeness (QED) is 0.680. The molecule has 0 heterocycles. The zero-order valence-electron chi connectivity index (χ0n) is 15.6. The highest BCUT2D eigenvalue weighted by Gasteiger charge is 2.16. The van der Waals surface area contributed by atoms with Crippen LogP contribution in [0.5, 0.6) is 5.75 Å². The molecule has 0 aliphatic heterocycles. The minimum absolute atomic E-state index is 0.0532. The zero-order chi connectivity index (χ0) is 19.6. The molecule has 0 aliphatic rings. The lowest BCUT2D eigenvalue weighted by Crippen LogP contribution is -2.34. The third-order valence-corrected chi connectivity index (χ3v) is 2.99. The first-order valence-corrected chi connectivity index (χ1v) is 8.21. The summed E-state index contributed by atoms with van der Waals surface area (Å²) in [4.78, 5) is 34.7. The predicted octanol–water partition coefficient (Wildman–Crippen LogP) is 1.77. The summed E-state index contributed by atoms with van der Waals surface area (Å²) in [5.74, 6) is -0.306. The molecule has 26 heavy (non-hydrogen) atoms. The van der Waals surface area contributed by atoms with Gasteiger partial charge in [-0.2, -0.15) is 0 Å². The van der Waals surface area contributed by atoms with E-state index in [-0.39, 0.29) is 19.6 Å². The highest BCUT2D eigenvalue weighted by Crippen LogP contribution is 2.12. The summed E-state index contributed by atoms with van der Waals surface area (Å²) in [6.45, 7) is 5.21. The first kappa shape index (κ1) is 21.3. The van der Waals surface area contributed by atoms with Gasteiger partial charge in [0.05, 0.1) is 13.5 Å². The van der Waals surface area contributed by atoms with E-state index in [4.69, 9.17) is 14.2 Å². The van der Waals surface area contributed by atoms with Gasteiger partial charge in [-0.25, -0.2) is 4.79 Å². The van der Waals surface area contributed by atoms with Crippen molar-refractivity contribution in [1.82, 2.24) is 10.6 Å². The van der Waals surface area contributed by atoms with E-state index in [1.807, 2.05) is 12.1 Å². The van der Waals surface area contributed by atoms with Crippen molar-refractivity contribution in [1.29, 1.82) is 0 Å². The minimum atomic E-state index is -0.610. The highest BCUT2D eigenvalue weighted by molar-refractivity contribution is 5.80. The van der Waals surface area contributed by atoms with Crippen molar-refractivity contribution in [3.63, 3.8) is 0 Å². The normalized spacial score (nSPS) is 10.6. The van der Waals surface area contributed by atoms with Crippen LogP contribution in [0.15, 0.2) is 24.3 Å². The van der Waals surface area contributed by atoms with Crippen LogP contribution in [0.1, 0.15) is 32.8 Å². The Morgan fingerprint density at radius 1 is 1.12 bits per heavy atom. The van der Waals surface area contributed by atoms with E-state index in [1.54, 1.807) is 40.0 Å². The van der Waals surface area contributed by atoms with Crippen molar-refractivity contribution in [3.8, 4) is 5.75 Å². The molecule has 0 aliphatic carbocycles. The minimum Gasteiger partial charge on any atom is -0.497 e. The smallest absolute Gasteiger partial charge is 0.407 e. The van der Waals surface area contributed by atoms with Crippen LogP contribution in [-0.2, 0) is 25.6 Å². The molecular formula is C18H26N2O6. The first-order chi connectivity index (χ1) is 12.2. The van der Waals surface area contributed by atoms with Crippen molar-refractivity contribution in [2.45, 2.75) is 39.3 Å². The van der Waals surface area contributed by atoms with Gasteiger partial charge >= 0.3 is 12.1 Å². The molecule has 2 N–H and O–H groups in total. The van der Waals surface area contributed by atoms with Crippen LogP contribution in [0.3, 0.4) is 0 Å². The molecule has 8 heteroatoms. The van der Waals surface area contributed by atoms with E-state index < -0.39 is 23.6 Å². The van der Waals surface area contributed by atoms with Crippen LogP contribution in [0.2, 0.25) is 0 Å². The van der Waals surface area contributed by atoms with Crippen LogP contribution in [-0.4, -0.2) is 43.8 Å². The number of ether oxygens (including phenoxy) is 3. The van der Waals surface area contributed by atoms with E-state index in [2.05, 4.69) is 10.6 Å². The fourth-order valence-corrected chi connectivity index (χ4v) is 1.83. The summed E-state index contributed by atoms with van der Waals surface area (Å²) in [7, 11) is 1.56. The van der Waals surface area contributed by atoms with Gasteiger partial charge in [0.25, 0.3) is 5.91 Å². The molecule has 1 aromatic rings. The summed E-state index contributed by atoms with van der Waals surface area (Å²) in [6.07, 6.45) is -0.663. The molecule has 144 valence electrons. The van der Waals surface area contributed by atoms with Gasteiger partial charge in [-0.1, -0.05) is 12.1 Å². The second-order valence-corrected chi connectivity index (χ2v) is 6.47. The van der Waals surface area contributed by atoms with Gasteiger partial charge in [-0.15, -0.1) is 0 Å². The van der Waals surface area contributed by atoms with Gasteiger partial charge in [0.15, 0.2) is 6.61 Å². The van der Waals surface area contributed by atoms with E-state index in [9.17, 15) is 14.4 Å². The Bertz CT molecular complexity index is 624. The standard InChI is InChI=1S/C18H26N2O6/c1-18(2,3)26-17(23)19-9-8-16(22)25-12-15(21)20-11-13-6-5-7-14(10-13)24-4/h5-7,10H,8-9,11-12H2,1-4H3,(H,19,23)(H,20,21). The number of benzene rings is 1. The molecule has 1 rings (SSSR count). The average Bonchev–Trinajstić information content (AvgIpc) is 2.56. The molecule has 2 amide bonds. The maximum Gasteiger partial charge on any atom is 0.407 e. The molecule has 0 atom stereocenters. The van der Waals surface area contributed by atoms with Crippen LogP contribution in [0, 0.1) is 0 Å². The summed E-state index contributed by atoms with van der Waals surface area (Å²) >= 11 is 0. The molecule has 0 fully saturated rings. The van der Waals surface area contributed by atoms with E-state index in [0.717, 1.165) is 5.56 Å². The van der Waals surface area contributed by atoms with Gasteiger partial charge in [-0.3, -0.25) is 9.59 Å². The topological polar surface area (TPSA) is 103 Å². The predicted molar refractivity (Wildman–Crippen MR) is 94.7 cm³/mol. The van der Waals surface area contributed by atoms with E-state index >= 15 is 0 Å². The van der Waals surface area contributed by atoms with Crippen LogP contribution in [0.25, 0.3) is 0 Å². The van der Waals surface area contributed by atoms with Crippen LogP contribution in [0.4, 0.5) is 4.79 Å². The molecule has 0 radical (unpaired) electrons. The Morgan fingerprint density at radius 3 is 2.50 bits per heavy atom. The first-order valence-electron chi connectivity index (χ1n) is 8.21. The van der Waals surface area contributed by atoms with Crippen molar-refractivity contribution >= 4 is 18.0 Å². The number of carbonyl (C=O) groups excluding carboxylic acids is 3. The van der Waals surface area contributed by atoms with Crippen LogP contribution < -0.4 is 15.4 Å². The number of methoxy groups -OCH3 is 1. The van der Waals surface area contributed by atoms with Gasteiger partial charge in [-0.05, 0) is 38.5 Å². The summed E-state index contributed by atoms with van der Waals surface area (Å²) in [5, 5.41) is 5.09. The molecule has 0 spiro atoms. The number of hydrogen-bond acceptors (Lipinski definition) is 6. The van der Waals surface area contributed by atoms with E-state index in [1.165, 1.54) is 0 Å². The Hall–Kier alpha value is -2.77. The molecule has 8 nitrogen and oxygen atoms in total. The fraction of sp³-hybridized carbons (Fsp3) is 0.500. The van der Waals surface area contributed by atoms with Gasteiger partial charge in [0.1, 0.15) is 11.4 Å². The molecule has 0 unspecified atom stereocenters. The van der Waals surface area contributed by atoms with Crippen molar-refractivity contribution in [2.75, 3.05) is 20.3 Å². The van der Waals surface area contributed by atoms with Crippen molar-refractivity contribution in [3.05, 3.63) is 29.8 Å². The number of carbonyl (C=O) groups is 3. The molecule has 0 aromatic heterocycles. The van der Waals surface area contributed by atoms with Gasteiger partial charge < -0.3 is 24.8 Å². The number of esters is 1. The second-order valence-electron chi connectivity index (χ2n) is 6.47. The van der Waals surface area contributed by atoms with Crippen molar-refractivity contribution < 1.29 is 28.6 Å².